The van der Waals surface area contributed by atoms with Crippen LogP contribution in [0, 0.1) is 23.2 Å². The predicted octanol–water partition coefficient (Wildman–Crippen LogP) is 3.97. The van der Waals surface area contributed by atoms with E-state index in [0.717, 1.165) is 57.5 Å². The van der Waals surface area contributed by atoms with Crippen molar-refractivity contribution in [1.29, 1.82) is 0 Å². The highest BCUT2D eigenvalue weighted by Gasteiger charge is 2.57. The second kappa shape index (κ2) is 7.95. The molecule has 4 aliphatic carbocycles. The molecule has 1 aliphatic heterocycles. The lowest BCUT2D eigenvalue weighted by Crippen LogP contribution is -2.54. The van der Waals surface area contributed by atoms with Crippen molar-refractivity contribution in [3.8, 4) is 0 Å². The van der Waals surface area contributed by atoms with Crippen LogP contribution in [-0.2, 0) is 9.53 Å². The molecule has 5 heteroatoms. The number of rotatable bonds is 7. The van der Waals surface area contributed by atoms with Crippen LogP contribution in [-0.4, -0.2) is 54.0 Å². The summed E-state index contributed by atoms with van der Waals surface area (Å²) in [4.78, 5) is 15.5. The van der Waals surface area contributed by atoms with Crippen LogP contribution in [0.25, 0.3) is 0 Å². The van der Waals surface area contributed by atoms with Gasteiger partial charge in [0.05, 0.1) is 13.2 Å². The van der Waals surface area contributed by atoms with Crippen molar-refractivity contribution in [3.05, 3.63) is 0 Å². The van der Waals surface area contributed by atoms with Gasteiger partial charge in [-0.05, 0) is 68.1 Å². The summed E-state index contributed by atoms with van der Waals surface area (Å²) >= 11 is 4.07. The van der Waals surface area contributed by atoms with Gasteiger partial charge in [-0.15, -0.1) is 0 Å². The van der Waals surface area contributed by atoms with Gasteiger partial charge in [0.15, 0.2) is 0 Å². The molecule has 1 saturated heterocycles. The largest absolute Gasteiger partial charge is 0.379 e. The summed E-state index contributed by atoms with van der Waals surface area (Å²) in [7, 11) is 0. The fraction of sp³-hybridized carbons (Fsp3) is 0.955. The number of nitrogens with zero attached hydrogens (tertiary/aromatic N) is 1. The maximum atomic E-state index is 12.9. The number of carbonyl (C=O) groups excluding carboxylic acids is 1. The third-order valence-corrected chi connectivity index (χ3v) is 8.41. The van der Waals surface area contributed by atoms with Gasteiger partial charge in [-0.1, -0.05) is 29.8 Å². The number of hydrogen-bond acceptors (Lipinski definition) is 3. The molecule has 4 bridgehead atoms. The van der Waals surface area contributed by atoms with E-state index >= 15 is 0 Å². The fourth-order valence-corrected chi connectivity index (χ4v) is 8.54. The lowest BCUT2D eigenvalue weighted by molar-refractivity contribution is -0.128. The molecule has 5 aliphatic rings. The standard InChI is InChI=1S/C22H37BrN2O2/c1-16(2)7-19(25-3-5-27-6-4-25)14-24-20(26)13-21-9-17-8-18(10-21)12-22(23,11-17)15-21/h16-19H,3-15H2,1-2H3,(H,24,26). The van der Waals surface area contributed by atoms with E-state index in [1.165, 1.54) is 38.5 Å². The summed E-state index contributed by atoms with van der Waals surface area (Å²) < 4.78 is 5.85. The monoisotopic (exact) mass is 440 g/mol. The molecule has 0 radical (unpaired) electrons. The van der Waals surface area contributed by atoms with Crippen molar-refractivity contribution in [2.45, 2.75) is 75.6 Å². The van der Waals surface area contributed by atoms with Crippen molar-refractivity contribution >= 4 is 21.8 Å². The summed E-state index contributed by atoms with van der Waals surface area (Å²) in [5.74, 6) is 2.63. The van der Waals surface area contributed by atoms with Gasteiger partial charge < -0.3 is 10.1 Å². The molecular formula is C22H37BrN2O2. The Morgan fingerprint density at radius 3 is 2.44 bits per heavy atom. The number of halogens is 1. The van der Waals surface area contributed by atoms with Crippen LogP contribution in [0.3, 0.4) is 0 Å². The van der Waals surface area contributed by atoms with Gasteiger partial charge in [0.25, 0.3) is 0 Å². The van der Waals surface area contributed by atoms with Gasteiger partial charge >= 0.3 is 0 Å². The fourth-order valence-electron chi connectivity index (χ4n) is 7.03. The van der Waals surface area contributed by atoms with E-state index in [9.17, 15) is 4.79 Å². The minimum absolute atomic E-state index is 0.268. The van der Waals surface area contributed by atoms with Crippen LogP contribution in [0.2, 0.25) is 0 Å². The molecule has 0 aromatic carbocycles. The Hall–Kier alpha value is -0.130. The zero-order valence-electron chi connectivity index (χ0n) is 17.1. The highest BCUT2D eigenvalue weighted by molar-refractivity contribution is 9.10. The molecule has 4 nitrogen and oxygen atoms in total. The Kier molecular flexibility index (Phi) is 5.93. The minimum atomic E-state index is 0.268. The number of alkyl halides is 1. The van der Waals surface area contributed by atoms with Crippen molar-refractivity contribution in [2.24, 2.45) is 23.2 Å². The highest BCUT2D eigenvalue weighted by Crippen LogP contribution is 2.65. The molecule has 1 heterocycles. The Bertz CT molecular complexity index is 532. The Labute approximate surface area is 173 Å². The Balaban J connectivity index is 1.33. The molecule has 1 N–H and O–H groups in total. The highest BCUT2D eigenvalue weighted by atomic mass is 79.9. The van der Waals surface area contributed by atoms with Crippen LogP contribution < -0.4 is 5.32 Å². The number of amides is 1. The summed E-state index contributed by atoms with van der Waals surface area (Å²) in [6.07, 6.45) is 9.72. The van der Waals surface area contributed by atoms with E-state index in [1.807, 2.05) is 0 Å². The Morgan fingerprint density at radius 2 is 1.85 bits per heavy atom. The normalized spacial score (nSPS) is 39.7. The SMILES string of the molecule is CC(C)CC(CNC(=O)CC12CC3CC(CC(Br)(C3)C1)C2)N1CCOCC1. The van der Waals surface area contributed by atoms with Crippen LogP contribution in [0.1, 0.15) is 65.2 Å². The lowest BCUT2D eigenvalue weighted by atomic mass is 9.48. The lowest BCUT2D eigenvalue weighted by Gasteiger charge is -2.60. The molecule has 3 atom stereocenters. The maximum Gasteiger partial charge on any atom is 0.220 e. The predicted molar refractivity (Wildman–Crippen MR) is 112 cm³/mol. The molecule has 5 rings (SSSR count). The van der Waals surface area contributed by atoms with E-state index in [0.29, 0.717) is 16.3 Å². The Morgan fingerprint density at radius 1 is 1.19 bits per heavy atom. The topological polar surface area (TPSA) is 41.6 Å². The van der Waals surface area contributed by atoms with E-state index < -0.39 is 0 Å². The second-order valence-corrected chi connectivity index (χ2v) is 12.2. The van der Waals surface area contributed by atoms with Crippen molar-refractivity contribution in [3.63, 3.8) is 0 Å². The molecule has 154 valence electrons. The van der Waals surface area contributed by atoms with Crippen LogP contribution >= 0.6 is 15.9 Å². The molecule has 1 amide bonds. The van der Waals surface area contributed by atoms with E-state index in [4.69, 9.17) is 4.74 Å². The van der Waals surface area contributed by atoms with Crippen molar-refractivity contribution in [1.82, 2.24) is 10.2 Å². The van der Waals surface area contributed by atoms with Gasteiger partial charge in [-0.2, -0.15) is 0 Å². The van der Waals surface area contributed by atoms with E-state index in [-0.39, 0.29) is 11.3 Å². The van der Waals surface area contributed by atoms with Crippen molar-refractivity contribution in [2.75, 3.05) is 32.8 Å². The van der Waals surface area contributed by atoms with Gasteiger partial charge in [-0.25, -0.2) is 0 Å². The molecule has 0 aromatic heterocycles. The van der Waals surface area contributed by atoms with Crippen LogP contribution in [0.4, 0.5) is 0 Å². The van der Waals surface area contributed by atoms with Gasteiger partial charge in [0, 0.05) is 36.4 Å². The first kappa shape index (κ1) is 20.2. The third-order valence-electron chi connectivity index (χ3n) is 7.49. The minimum Gasteiger partial charge on any atom is -0.379 e. The third kappa shape index (κ3) is 4.72. The molecule has 3 unspecified atom stereocenters. The number of nitrogens with one attached hydrogen (secondary N) is 1. The molecular weight excluding hydrogens is 404 g/mol. The molecule has 0 aromatic rings. The first-order valence-corrected chi connectivity index (χ1v) is 11.9. The maximum absolute atomic E-state index is 12.9. The smallest absolute Gasteiger partial charge is 0.220 e. The zero-order chi connectivity index (χ0) is 19.1. The summed E-state index contributed by atoms with van der Waals surface area (Å²) in [6.45, 7) is 8.97. The average Bonchev–Trinajstić information content (AvgIpc) is 2.56. The van der Waals surface area contributed by atoms with E-state index in [2.05, 4.69) is 40.0 Å². The van der Waals surface area contributed by atoms with E-state index in [1.54, 1.807) is 0 Å². The number of carbonyl (C=O) groups is 1. The molecule has 0 spiro atoms. The second-order valence-electron chi connectivity index (χ2n) is 10.5. The first-order valence-electron chi connectivity index (χ1n) is 11.1. The van der Waals surface area contributed by atoms with Gasteiger partial charge in [0.2, 0.25) is 5.91 Å². The zero-order valence-corrected chi connectivity index (χ0v) is 18.7. The molecule has 27 heavy (non-hydrogen) atoms. The number of morpholine rings is 1. The van der Waals surface area contributed by atoms with Crippen LogP contribution in [0.15, 0.2) is 0 Å². The summed E-state index contributed by atoms with van der Waals surface area (Å²) in [5, 5.41) is 3.34. The van der Waals surface area contributed by atoms with Crippen molar-refractivity contribution < 1.29 is 9.53 Å². The first-order chi connectivity index (χ1) is 12.8. The summed E-state index contributed by atoms with van der Waals surface area (Å²) in [6, 6.07) is 0.441. The molecule has 4 saturated carbocycles. The number of hydrogen-bond donors (Lipinski definition) is 1. The quantitative estimate of drug-likeness (QED) is 0.608. The number of ether oxygens (including phenoxy) is 1. The summed E-state index contributed by atoms with van der Waals surface area (Å²) in [5.41, 5.74) is 0.268. The van der Waals surface area contributed by atoms with Gasteiger partial charge in [0.1, 0.15) is 0 Å². The van der Waals surface area contributed by atoms with Gasteiger partial charge in [-0.3, -0.25) is 9.69 Å². The molecule has 5 fully saturated rings. The van der Waals surface area contributed by atoms with Crippen LogP contribution in [0.5, 0.6) is 0 Å². The average molecular weight is 441 g/mol.